The van der Waals surface area contributed by atoms with Gasteiger partial charge in [0.25, 0.3) is 0 Å². The molecule has 1 saturated heterocycles. The third kappa shape index (κ3) is 6.95. The lowest BCUT2D eigenvalue weighted by atomic mass is 9.88. The summed E-state index contributed by atoms with van der Waals surface area (Å²) < 4.78 is 28.5. The van der Waals surface area contributed by atoms with E-state index in [-0.39, 0.29) is 41.5 Å². The van der Waals surface area contributed by atoms with Gasteiger partial charge in [0, 0.05) is 19.5 Å². The SMILES string of the molecule is CC(C)c1ccc(CNC(=O)[C@H]2C[C@H](CCC(N)=O)CCN2S(=O)(=O)c2ccc(C(C)C)cc2)cc1. The number of nitrogens with one attached hydrogen (secondary N) is 1. The molecule has 0 bridgehead atoms. The molecule has 0 unspecified atom stereocenters. The van der Waals surface area contributed by atoms with Crippen molar-refractivity contribution in [3.8, 4) is 0 Å². The zero-order valence-electron chi connectivity index (χ0n) is 21.7. The molecule has 7 nitrogen and oxygen atoms in total. The number of carbonyl (C=O) groups is 2. The Hall–Kier alpha value is -2.71. The lowest BCUT2D eigenvalue weighted by Gasteiger charge is -2.37. The van der Waals surface area contributed by atoms with Gasteiger partial charge in [0.05, 0.1) is 4.90 Å². The fourth-order valence-electron chi connectivity index (χ4n) is 4.64. The van der Waals surface area contributed by atoms with Gasteiger partial charge in [-0.3, -0.25) is 9.59 Å². The van der Waals surface area contributed by atoms with Crippen molar-refractivity contribution in [3.05, 3.63) is 65.2 Å². The first-order valence-electron chi connectivity index (χ1n) is 12.8. The Labute approximate surface area is 215 Å². The van der Waals surface area contributed by atoms with Crippen molar-refractivity contribution in [3.63, 3.8) is 0 Å². The molecule has 1 fully saturated rings. The number of nitrogens with zero attached hydrogens (tertiary/aromatic N) is 1. The van der Waals surface area contributed by atoms with Crippen LogP contribution in [0.2, 0.25) is 0 Å². The molecule has 2 amide bonds. The second-order valence-corrected chi connectivity index (χ2v) is 12.3. The Balaban J connectivity index is 1.80. The monoisotopic (exact) mass is 513 g/mol. The molecule has 196 valence electrons. The van der Waals surface area contributed by atoms with Crippen molar-refractivity contribution in [2.45, 2.75) is 82.7 Å². The third-order valence-electron chi connectivity index (χ3n) is 7.03. The summed E-state index contributed by atoms with van der Waals surface area (Å²) in [5.41, 5.74) is 8.55. The molecular weight excluding hydrogens is 474 g/mol. The summed E-state index contributed by atoms with van der Waals surface area (Å²) in [5.74, 6) is 0.0426. The van der Waals surface area contributed by atoms with Gasteiger partial charge >= 0.3 is 0 Å². The molecule has 2 aromatic carbocycles. The smallest absolute Gasteiger partial charge is 0.243 e. The minimum Gasteiger partial charge on any atom is -0.370 e. The fraction of sp³-hybridized carbons (Fsp3) is 0.500. The maximum atomic E-state index is 13.6. The molecule has 1 aliphatic rings. The Bertz CT molecular complexity index is 1140. The predicted octanol–water partition coefficient (Wildman–Crippen LogP) is 4.28. The molecule has 0 spiro atoms. The Kier molecular flexibility index (Phi) is 9.30. The van der Waals surface area contributed by atoms with Gasteiger partial charge in [-0.05, 0) is 65.8 Å². The van der Waals surface area contributed by atoms with Crippen molar-refractivity contribution in [1.29, 1.82) is 0 Å². The van der Waals surface area contributed by atoms with Crippen molar-refractivity contribution in [2.75, 3.05) is 6.54 Å². The summed E-state index contributed by atoms with van der Waals surface area (Å²) in [4.78, 5) is 24.8. The number of benzene rings is 2. The first-order chi connectivity index (χ1) is 17.0. The molecule has 36 heavy (non-hydrogen) atoms. The Morgan fingerprint density at radius 3 is 2.06 bits per heavy atom. The number of primary amides is 1. The number of hydrogen-bond donors (Lipinski definition) is 2. The van der Waals surface area contributed by atoms with Crippen molar-refractivity contribution in [2.24, 2.45) is 11.7 Å². The lowest BCUT2D eigenvalue weighted by molar-refractivity contribution is -0.126. The zero-order valence-corrected chi connectivity index (χ0v) is 22.6. The number of sulfonamides is 1. The third-order valence-corrected chi connectivity index (χ3v) is 8.95. The first kappa shape index (κ1) is 27.9. The van der Waals surface area contributed by atoms with Crippen LogP contribution in [0.4, 0.5) is 0 Å². The number of rotatable bonds is 10. The summed E-state index contributed by atoms with van der Waals surface area (Å²) in [6, 6.07) is 14.1. The van der Waals surface area contributed by atoms with Crippen molar-refractivity contribution >= 4 is 21.8 Å². The van der Waals surface area contributed by atoms with Gasteiger partial charge in [0.1, 0.15) is 6.04 Å². The van der Waals surface area contributed by atoms with E-state index in [1.54, 1.807) is 12.1 Å². The van der Waals surface area contributed by atoms with Gasteiger partial charge in [-0.2, -0.15) is 4.31 Å². The van der Waals surface area contributed by atoms with Gasteiger partial charge in [-0.25, -0.2) is 8.42 Å². The summed E-state index contributed by atoms with van der Waals surface area (Å²) in [6.45, 7) is 8.89. The molecule has 0 aromatic heterocycles. The van der Waals surface area contributed by atoms with E-state index >= 15 is 0 Å². The second-order valence-electron chi connectivity index (χ2n) is 10.4. The van der Waals surface area contributed by atoms with E-state index in [0.717, 1.165) is 11.1 Å². The van der Waals surface area contributed by atoms with Crippen LogP contribution in [-0.2, 0) is 26.2 Å². The Morgan fingerprint density at radius 2 is 1.53 bits per heavy atom. The van der Waals surface area contributed by atoms with Crippen LogP contribution < -0.4 is 11.1 Å². The molecule has 1 aliphatic heterocycles. The van der Waals surface area contributed by atoms with Crippen molar-refractivity contribution < 1.29 is 18.0 Å². The molecule has 1 heterocycles. The molecule has 0 saturated carbocycles. The van der Waals surface area contributed by atoms with Gasteiger partial charge in [-0.15, -0.1) is 0 Å². The number of hydrogen-bond acceptors (Lipinski definition) is 4. The van der Waals surface area contributed by atoms with E-state index in [2.05, 4.69) is 33.0 Å². The topological polar surface area (TPSA) is 110 Å². The molecule has 3 rings (SSSR count). The van der Waals surface area contributed by atoms with Crippen LogP contribution in [0, 0.1) is 5.92 Å². The highest BCUT2D eigenvalue weighted by molar-refractivity contribution is 7.89. The van der Waals surface area contributed by atoms with Gasteiger partial charge in [-0.1, -0.05) is 64.1 Å². The molecular formula is C28H39N3O4S. The quantitative estimate of drug-likeness (QED) is 0.494. The van der Waals surface area contributed by atoms with E-state index in [4.69, 9.17) is 5.73 Å². The van der Waals surface area contributed by atoms with E-state index in [9.17, 15) is 18.0 Å². The van der Waals surface area contributed by atoms with Gasteiger partial charge < -0.3 is 11.1 Å². The molecule has 8 heteroatoms. The van der Waals surface area contributed by atoms with Crippen LogP contribution in [-0.4, -0.2) is 37.1 Å². The Morgan fingerprint density at radius 1 is 0.972 bits per heavy atom. The lowest BCUT2D eigenvalue weighted by Crippen LogP contribution is -2.53. The fourth-order valence-corrected chi connectivity index (χ4v) is 6.25. The average Bonchev–Trinajstić information content (AvgIpc) is 2.86. The standard InChI is InChI=1S/C28H39N3O4S/c1-19(2)23-8-5-22(6-9-23)18-30-28(33)26-17-21(7-14-27(29)32)15-16-31(26)36(34,35)25-12-10-24(11-13-25)20(3)4/h5-6,8-13,19-21,26H,7,14-18H2,1-4H3,(H2,29,32)(H,30,33)/t21-,26-/m1/s1. The number of carbonyl (C=O) groups excluding carboxylic acids is 2. The normalized spacial score (nSPS) is 18.9. The summed E-state index contributed by atoms with van der Waals surface area (Å²) in [7, 11) is -3.87. The van der Waals surface area contributed by atoms with Gasteiger partial charge in [0.15, 0.2) is 0 Å². The highest BCUT2D eigenvalue weighted by Gasteiger charge is 2.40. The van der Waals surface area contributed by atoms with Crippen LogP contribution in [0.3, 0.4) is 0 Å². The summed E-state index contributed by atoms with van der Waals surface area (Å²) in [5, 5.41) is 2.94. The number of piperidine rings is 1. The maximum Gasteiger partial charge on any atom is 0.243 e. The second kappa shape index (κ2) is 12.0. The van der Waals surface area contributed by atoms with Crippen LogP contribution in [0.25, 0.3) is 0 Å². The predicted molar refractivity (Wildman–Crippen MR) is 142 cm³/mol. The molecule has 2 aromatic rings. The molecule has 0 aliphatic carbocycles. The van der Waals surface area contributed by atoms with Crippen molar-refractivity contribution in [1.82, 2.24) is 9.62 Å². The van der Waals surface area contributed by atoms with Crippen LogP contribution in [0.5, 0.6) is 0 Å². The maximum absolute atomic E-state index is 13.6. The van der Waals surface area contributed by atoms with E-state index in [0.29, 0.717) is 31.7 Å². The van der Waals surface area contributed by atoms with Crippen LogP contribution in [0.15, 0.2) is 53.4 Å². The number of amides is 2. The highest BCUT2D eigenvalue weighted by Crippen LogP contribution is 2.32. The molecule has 0 radical (unpaired) electrons. The molecule has 2 atom stereocenters. The summed E-state index contributed by atoms with van der Waals surface area (Å²) >= 11 is 0. The average molecular weight is 514 g/mol. The van der Waals surface area contributed by atoms with E-state index in [1.807, 2.05) is 36.4 Å². The van der Waals surface area contributed by atoms with E-state index in [1.165, 1.54) is 9.87 Å². The summed E-state index contributed by atoms with van der Waals surface area (Å²) in [6.07, 6.45) is 1.71. The largest absolute Gasteiger partial charge is 0.370 e. The first-order valence-corrected chi connectivity index (χ1v) is 14.2. The minimum absolute atomic E-state index is 0.0494. The minimum atomic E-state index is -3.87. The van der Waals surface area contributed by atoms with E-state index < -0.39 is 16.1 Å². The van der Waals surface area contributed by atoms with Gasteiger partial charge in [0.2, 0.25) is 21.8 Å². The van der Waals surface area contributed by atoms with Crippen LogP contribution in [0.1, 0.15) is 81.9 Å². The molecule has 3 N–H and O–H groups in total. The zero-order chi connectivity index (χ0) is 26.5. The number of nitrogens with two attached hydrogens (primary N) is 1. The van der Waals surface area contributed by atoms with Crippen LogP contribution >= 0.6 is 0 Å². The highest BCUT2D eigenvalue weighted by atomic mass is 32.2.